The van der Waals surface area contributed by atoms with E-state index >= 15 is 0 Å². The summed E-state index contributed by atoms with van der Waals surface area (Å²) in [4.78, 5) is 0. The van der Waals surface area contributed by atoms with Gasteiger partial charge in [-0.2, -0.15) is 0 Å². The molecule has 0 fully saturated rings. The van der Waals surface area contributed by atoms with Crippen LogP contribution in [0.15, 0.2) is 0 Å². The molecule has 1 heterocycles. The maximum Gasteiger partial charge on any atom is 0.0541 e. The topological polar surface area (TPSA) is 0 Å². The molecule has 4 radical (unpaired) electrons. The fourth-order valence-corrected chi connectivity index (χ4v) is 0.383. The molecule has 1 rings (SSSR count). The first kappa shape index (κ1) is 2.91. The third-order valence-electron chi connectivity index (χ3n) is 0.267. The highest BCUT2D eigenvalue weighted by molar-refractivity contribution is 7.06. The molecule has 0 aromatic carbocycles. The fourth-order valence-electron chi connectivity index (χ4n) is 0.128. The van der Waals surface area contributed by atoms with Crippen LogP contribution in [0.3, 0.4) is 0 Å². The van der Waals surface area contributed by atoms with Crippen LogP contribution in [-0.4, -0.2) is 0 Å². The first-order valence-corrected chi connectivity index (χ1v) is 1.97. The molecule has 1 aromatic rings. The highest BCUT2D eigenvalue weighted by atomic mass is 32.1. The smallest absolute Gasteiger partial charge is 0.0541 e. The van der Waals surface area contributed by atoms with Gasteiger partial charge in [-0.3, -0.25) is 0 Å². The van der Waals surface area contributed by atoms with E-state index in [1.807, 2.05) is 0 Å². The standard InChI is InChI=1S/C4S/c1-2-4-5-3-1. The Morgan fingerprint density at radius 2 is 1.60 bits per heavy atom. The third-order valence-corrected chi connectivity index (χ3v) is 0.675. The molecule has 22 valence electrons. The lowest BCUT2D eigenvalue weighted by molar-refractivity contribution is 1.92. The van der Waals surface area contributed by atoms with Crippen LogP contribution in [0.5, 0.6) is 0 Å². The Labute approximate surface area is 35.1 Å². The summed E-state index contributed by atoms with van der Waals surface area (Å²) in [6.07, 6.45) is 0. The predicted molar refractivity (Wildman–Crippen MR) is 19.7 cm³/mol. The Morgan fingerprint density at radius 1 is 1.00 bits per heavy atom. The average molecular weight is 80.1 g/mol. The molecule has 1 heteroatoms. The van der Waals surface area contributed by atoms with Gasteiger partial charge in [-0.05, 0) is 0 Å². The van der Waals surface area contributed by atoms with Gasteiger partial charge in [0.2, 0.25) is 0 Å². The van der Waals surface area contributed by atoms with E-state index in [4.69, 9.17) is 0 Å². The molecular formula is C4S. The van der Waals surface area contributed by atoms with Crippen molar-refractivity contribution in [3.8, 4) is 0 Å². The molecule has 5 heavy (non-hydrogen) atoms. The van der Waals surface area contributed by atoms with Gasteiger partial charge in [0.15, 0.2) is 0 Å². The predicted octanol–water partition coefficient (Wildman–Crippen LogP) is 0.949. The van der Waals surface area contributed by atoms with E-state index in [2.05, 4.69) is 22.9 Å². The van der Waals surface area contributed by atoms with Crippen molar-refractivity contribution >= 4 is 11.3 Å². The van der Waals surface area contributed by atoms with Gasteiger partial charge in [0.1, 0.15) is 0 Å². The minimum Gasteiger partial charge on any atom is -0.132 e. The van der Waals surface area contributed by atoms with Gasteiger partial charge in [-0.15, -0.1) is 11.3 Å². The zero-order chi connectivity index (χ0) is 3.54. The van der Waals surface area contributed by atoms with Gasteiger partial charge in [-0.25, -0.2) is 0 Å². The summed E-state index contributed by atoms with van der Waals surface area (Å²) in [5, 5.41) is 5.33. The van der Waals surface area contributed by atoms with Crippen molar-refractivity contribution in [3.05, 3.63) is 22.9 Å². The zero-order valence-corrected chi connectivity index (χ0v) is 3.22. The van der Waals surface area contributed by atoms with E-state index in [9.17, 15) is 0 Å². The van der Waals surface area contributed by atoms with Crippen molar-refractivity contribution in [2.45, 2.75) is 0 Å². The molecule has 0 aliphatic carbocycles. The maximum atomic E-state index is 2.67. The molecule has 0 saturated carbocycles. The van der Waals surface area contributed by atoms with Crippen molar-refractivity contribution in [1.82, 2.24) is 0 Å². The Morgan fingerprint density at radius 3 is 1.80 bits per heavy atom. The van der Waals surface area contributed by atoms with Crippen molar-refractivity contribution in [2.75, 3.05) is 0 Å². The molecule has 0 unspecified atom stereocenters. The summed E-state index contributed by atoms with van der Waals surface area (Å²) in [7, 11) is 0. The molecular weight excluding hydrogens is 80.1 g/mol. The third kappa shape index (κ3) is 0.484. The summed E-state index contributed by atoms with van der Waals surface area (Å²) in [6.45, 7) is 0. The van der Waals surface area contributed by atoms with E-state index in [1.165, 1.54) is 11.3 Å². The van der Waals surface area contributed by atoms with Crippen LogP contribution in [0.1, 0.15) is 0 Å². The first-order valence-electron chi connectivity index (χ1n) is 1.16. The highest BCUT2D eigenvalue weighted by Gasteiger charge is 1.64. The monoisotopic (exact) mass is 80.0 g/mol. The van der Waals surface area contributed by atoms with Crippen molar-refractivity contribution in [1.29, 1.82) is 0 Å². The second-order valence-electron chi connectivity index (χ2n) is 0.556. The van der Waals surface area contributed by atoms with Crippen molar-refractivity contribution in [3.63, 3.8) is 0 Å². The summed E-state index contributed by atoms with van der Waals surface area (Å²) >= 11 is 1.35. The molecule has 0 saturated heterocycles. The molecule has 0 atom stereocenters. The van der Waals surface area contributed by atoms with Gasteiger partial charge in [0, 0.05) is 12.1 Å². The van der Waals surface area contributed by atoms with E-state index in [0.29, 0.717) is 0 Å². The van der Waals surface area contributed by atoms with Crippen LogP contribution in [0.2, 0.25) is 0 Å². The normalized spacial score (nSPS) is 8.00. The van der Waals surface area contributed by atoms with Crippen LogP contribution in [0, 0.1) is 22.9 Å². The summed E-state index contributed by atoms with van der Waals surface area (Å²) in [6, 6.07) is 5.15. The van der Waals surface area contributed by atoms with Gasteiger partial charge in [0.05, 0.1) is 10.8 Å². The maximum absolute atomic E-state index is 2.67. The second-order valence-corrected chi connectivity index (χ2v) is 1.17. The first-order chi connectivity index (χ1) is 2.50. The van der Waals surface area contributed by atoms with Crippen LogP contribution >= 0.6 is 11.3 Å². The zero-order valence-electron chi connectivity index (χ0n) is 2.41. The number of thiophene rings is 1. The second kappa shape index (κ2) is 1.22. The largest absolute Gasteiger partial charge is 0.132 e. The summed E-state index contributed by atoms with van der Waals surface area (Å²) < 4.78 is 0. The quantitative estimate of drug-likeness (QED) is 0.435. The number of hydrogen-bond acceptors (Lipinski definition) is 1. The van der Waals surface area contributed by atoms with Crippen LogP contribution in [0.25, 0.3) is 0 Å². The SMILES string of the molecule is [c]1[c][c]s[c]1. The van der Waals surface area contributed by atoms with Gasteiger partial charge in [0.25, 0.3) is 0 Å². The summed E-state index contributed by atoms with van der Waals surface area (Å²) in [5.74, 6) is 0. The number of hydrogen-bond donors (Lipinski definition) is 0. The van der Waals surface area contributed by atoms with E-state index in [-0.39, 0.29) is 0 Å². The van der Waals surface area contributed by atoms with Gasteiger partial charge in [-0.1, -0.05) is 0 Å². The Hall–Kier alpha value is -0.300. The minimum atomic E-state index is 1.35. The Balaban J connectivity index is 3.13. The minimum absolute atomic E-state index is 1.35. The van der Waals surface area contributed by atoms with Gasteiger partial charge >= 0.3 is 0 Å². The molecule has 0 N–H and O–H groups in total. The molecule has 0 spiro atoms. The average Bonchev–Trinajstić information content (AvgIpc) is 1.76. The fraction of sp³-hybridized carbons (Fsp3) is 0. The van der Waals surface area contributed by atoms with E-state index < -0.39 is 0 Å². The lowest BCUT2D eigenvalue weighted by atomic mass is 10.7. The highest BCUT2D eigenvalue weighted by Crippen LogP contribution is 1.86. The van der Waals surface area contributed by atoms with Crippen LogP contribution in [0.4, 0.5) is 0 Å². The van der Waals surface area contributed by atoms with Crippen molar-refractivity contribution in [2.24, 2.45) is 0 Å². The van der Waals surface area contributed by atoms with E-state index in [0.717, 1.165) is 0 Å². The molecule has 1 aromatic heterocycles. The Kier molecular flexibility index (Phi) is 0.711. The van der Waals surface area contributed by atoms with Crippen molar-refractivity contribution < 1.29 is 0 Å². The molecule has 0 aliphatic rings. The lowest BCUT2D eigenvalue weighted by Gasteiger charge is -1.35. The summed E-state index contributed by atoms with van der Waals surface area (Å²) in [5.41, 5.74) is 0. The molecule has 0 amide bonds. The molecule has 0 nitrogen and oxygen atoms in total. The van der Waals surface area contributed by atoms with Crippen LogP contribution in [-0.2, 0) is 0 Å². The number of rotatable bonds is 0. The lowest BCUT2D eigenvalue weighted by Crippen LogP contribution is -1.24. The van der Waals surface area contributed by atoms with Crippen LogP contribution < -0.4 is 0 Å². The van der Waals surface area contributed by atoms with Gasteiger partial charge < -0.3 is 0 Å². The molecule has 0 aliphatic heterocycles. The van der Waals surface area contributed by atoms with E-state index in [1.54, 1.807) is 0 Å². The molecule has 0 bridgehead atoms. The Bertz CT molecular complexity index is 60.1.